The second-order valence-electron chi connectivity index (χ2n) is 6.37. The Labute approximate surface area is 159 Å². The van der Waals surface area contributed by atoms with Gasteiger partial charge in [0.25, 0.3) is 11.8 Å². The summed E-state index contributed by atoms with van der Waals surface area (Å²) in [6.07, 6.45) is 0.923. The predicted molar refractivity (Wildman–Crippen MR) is 104 cm³/mol. The Morgan fingerprint density at radius 3 is 2.44 bits per heavy atom. The van der Waals surface area contributed by atoms with Gasteiger partial charge >= 0.3 is 0 Å². The van der Waals surface area contributed by atoms with Crippen LogP contribution >= 0.6 is 11.3 Å². The zero-order valence-electron chi connectivity index (χ0n) is 14.9. The lowest BCUT2D eigenvalue weighted by Gasteiger charge is -2.21. The van der Waals surface area contributed by atoms with Gasteiger partial charge in [0.05, 0.1) is 21.3 Å². The number of aryl methyl sites for hydroxylation is 1. The highest BCUT2D eigenvalue weighted by Crippen LogP contribution is 2.28. The lowest BCUT2D eigenvalue weighted by molar-refractivity contribution is -0.119. The first-order valence-electron chi connectivity index (χ1n) is 8.67. The number of imide groups is 1. The number of benzene rings is 2. The fourth-order valence-corrected chi connectivity index (χ4v) is 4.06. The summed E-state index contributed by atoms with van der Waals surface area (Å²) in [5.74, 6) is -1.34. The highest BCUT2D eigenvalue weighted by molar-refractivity contribution is 7.22. The Bertz CT molecular complexity index is 1050. The molecule has 1 aromatic heterocycles. The van der Waals surface area contributed by atoms with E-state index in [1.165, 1.54) is 16.9 Å². The van der Waals surface area contributed by atoms with Crippen molar-refractivity contribution in [2.75, 3.05) is 5.32 Å². The molecule has 1 aliphatic rings. The van der Waals surface area contributed by atoms with Gasteiger partial charge in [0, 0.05) is 0 Å². The van der Waals surface area contributed by atoms with Gasteiger partial charge in [-0.05, 0) is 43.2 Å². The first-order chi connectivity index (χ1) is 13.0. The summed E-state index contributed by atoms with van der Waals surface area (Å²) < 4.78 is 0.984. The van der Waals surface area contributed by atoms with Crippen LogP contribution in [-0.2, 0) is 11.2 Å². The average Bonchev–Trinajstić information content (AvgIpc) is 3.19. The van der Waals surface area contributed by atoms with E-state index in [1.807, 2.05) is 12.1 Å². The lowest BCUT2D eigenvalue weighted by atomic mass is 10.1. The third-order valence-electron chi connectivity index (χ3n) is 4.68. The second kappa shape index (κ2) is 6.59. The van der Waals surface area contributed by atoms with Gasteiger partial charge in [-0.3, -0.25) is 19.3 Å². The zero-order valence-corrected chi connectivity index (χ0v) is 15.7. The number of amides is 3. The van der Waals surface area contributed by atoms with Gasteiger partial charge in [-0.25, -0.2) is 4.98 Å². The molecule has 1 unspecified atom stereocenters. The van der Waals surface area contributed by atoms with E-state index >= 15 is 0 Å². The fraction of sp³-hybridized carbons (Fsp3) is 0.200. The van der Waals surface area contributed by atoms with Crippen LogP contribution in [0.2, 0.25) is 0 Å². The van der Waals surface area contributed by atoms with Crippen LogP contribution in [0.3, 0.4) is 0 Å². The predicted octanol–water partition coefficient (Wildman–Crippen LogP) is 3.48. The van der Waals surface area contributed by atoms with Crippen LogP contribution in [0.5, 0.6) is 0 Å². The maximum absolute atomic E-state index is 12.7. The molecule has 0 radical (unpaired) electrons. The quantitative estimate of drug-likeness (QED) is 0.704. The molecule has 136 valence electrons. The molecule has 0 bridgehead atoms. The van der Waals surface area contributed by atoms with Crippen molar-refractivity contribution in [1.29, 1.82) is 0 Å². The van der Waals surface area contributed by atoms with Crippen molar-refractivity contribution in [2.45, 2.75) is 26.3 Å². The van der Waals surface area contributed by atoms with E-state index in [-0.39, 0.29) is 0 Å². The Balaban J connectivity index is 1.55. The molecule has 0 fully saturated rings. The summed E-state index contributed by atoms with van der Waals surface area (Å²) in [5.41, 5.74) is 2.66. The van der Waals surface area contributed by atoms with Crippen molar-refractivity contribution < 1.29 is 14.4 Å². The SMILES string of the molecule is CCc1ccc2nc(NC(=O)C(C)N3C(=O)c4ccccc4C3=O)sc2c1. The molecule has 0 saturated carbocycles. The summed E-state index contributed by atoms with van der Waals surface area (Å²) in [4.78, 5) is 43.1. The molecule has 27 heavy (non-hydrogen) atoms. The van der Waals surface area contributed by atoms with Gasteiger partial charge < -0.3 is 5.32 Å². The van der Waals surface area contributed by atoms with E-state index in [1.54, 1.807) is 31.2 Å². The van der Waals surface area contributed by atoms with Crippen molar-refractivity contribution >= 4 is 44.4 Å². The molecular formula is C20H17N3O3S. The summed E-state index contributed by atoms with van der Waals surface area (Å²) in [5, 5.41) is 3.19. The molecule has 1 aliphatic heterocycles. The number of aromatic nitrogens is 1. The lowest BCUT2D eigenvalue weighted by Crippen LogP contribution is -2.45. The van der Waals surface area contributed by atoms with Gasteiger partial charge in [-0.1, -0.05) is 36.5 Å². The molecule has 7 heteroatoms. The van der Waals surface area contributed by atoms with Gasteiger partial charge in [0.2, 0.25) is 5.91 Å². The first-order valence-corrected chi connectivity index (χ1v) is 9.48. The molecule has 1 atom stereocenters. The summed E-state index contributed by atoms with van der Waals surface area (Å²) in [6.45, 7) is 3.62. The minimum Gasteiger partial charge on any atom is -0.300 e. The number of carbonyl (C=O) groups excluding carboxylic acids is 3. The zero-order chi connectivity index (χ0) is 19.1. The van der Waals surface area contributed by atoms with Crippen molar-refractivity contribution in [3.8, 4) is 0 Å². The van der Waals surface area contributed by atoms with Crippen molar-refractivity contribution in [3.63, 3.8) is 0 Å². The van der Waals surface area contributed by atoms with Gasteiger partial charge in [-0.2, -0.15) is 0 Å². The van der Waals surface area contributed by atoms with Crippen molar-refractivity contribution in [1.82, 2.24) is 9.88 Å². The van der Waals surface area contributed by atoms with Crippen LogP contribution in [0.15, 0.2) is 42.5 Å². The smallest absolute Gasteiger partial charge is 0.262 e. The topological polar surface area (TPSA) is 79.4 Å². The molecule has 0 spiro atoms. The van der Waals surface area contributed by atoms with E-state index in [9.17, 15) is 14.4 Å². The highest BCUT2D eigenvalue weighted by Gasteiger charge is 2.40. The van der Waals surface area contributed by atoms with E-state index in [0.29, 0.717) is 16.3 Å². The third kappa shape index (κ3) is 2.90. The molecular weight excluding hydrogens is 362 g/mol. The summed E-state index contributed by atoms with van der Waals surface area (Å²) >= 11 is 1.37. The molecule has 3 amide bonds. The Hall–Kier alpha value is -3.06. The van der Waals surface area contributed by atoms with Crippen molar-refractivity contribution in [3.05, 3.63) is 59.2 Å². The van der Waals surface area contributed by atoms with Crippen LogP contribution in [0.1, 0.15) is 40.1 Å². The first kappa shape index (κ1) is 17.4. The average molecular weight is 379 g/mol. The van der Waals surface area contributed by atoms with Crippen LogP contribution in [-0.4, -0.2) is 33.6 Å². The molecule has 3 aromatic rings. The van der Waals surface area contributed by atoms with E-state index in [4.69, 9.17) is 0 Å². The molecule has 6 nitrogen and oxygen atoms in total. The minimum atomic E-state index is -0.935. The molecule has 2 aromatic carbocycles. The standard InChI is InChI=1S/C20H17N3O3S/c1-3-12-8-9-15-16(10-12)27-20(21-15)22-17(24)11(2)23-18(25)13-6-4-5-7-14(13)19(23)26/h4-11H,3H2,1-2H3,(H,21,22,24). The van der Waals surface area contributed by atoms with E-state index in [2.05, 4.69) is 23.3 Å². The van der Waals surface area contributed by atoms with Gasteiger partial charge in [0.15, 0.2) is 5.13 Å². The van der Waals surface area contributed by atoms with E-state index in [0.717, 1.165) is 21.5 Å². The number of hydrogen-bond acceptors (Lipinski definition) is 5. The van der Waals surface area contributed by atoms with Crippen LogP contribution in [0.25, 0.3) is 10.2 Å². The monoisotopic (exact) mass is 379 g/mol. The van der Waals surface area contributed by atoms with Crippen LogP contribution in [0.4, 0.5) is 5.13 Å². The van der Waals surface area contributed by atoms with Crippen LogP contribution < -0.4 is 5.32 Å². The van der Waals surface area contributed by atoms with Crippen LogP contribution in [0, 0.1) is 0 Å². The molecule has 0 saturated heterocycles. The second-order valence-corrected chi connectivity index (χ2v) is 7.40. The number of rotatable bonds is 4. The number of nitrogens with zero attached hydrogens (tertiary/aromatic N) is 2. The molecule has 1 N–H and O–H groups in total. The summed E-state index contributed by atoms with van der Waals surface area (Å²) in [6, 6.07) is 11.6. The number of carbonyl (C=O) groups is 3. The molecule has 0 aliphatic carbocycles. The largest absolute Gasteiger partial charge is 0.300 e. The maximum atomic E-state index is 12.7. The van der Waals surface area contributed by atoms with E-state index < -0.39 is 23.8 Å². The third-order valence-corrected chi connectivity index (χ3v) is 5.62. The fourth-order valence-electron chi connectivity index (χ4n) is 3.13. The Kier molecular flexibility index (Phi) is 4.24. The summed E-state index contributed by atoms with van der Waals surface area (Å²) in [7, 11) is 0. The molecule has 4 rings (SSSR count). The van der Waals surface area contributed by atoms with Gasteiger partial charge in [0.1, 0.15) is 6.04 Å². The van der Waals surface area contributed by atoms with Gasteiger partial charge in [-0.15, -0.1) is 0 Å². The number of nitrogens with one attached hydrogen (secondary N) is 1. The normalized spacial score (nSPS) is 14.5. The highest BCUT2D eigenvalue weighted by atomic mass is 32.1. The number of anilines is 1. The molecule has 2 heterocycles. The minimum absolute atomic E-state index is 0.328. The Morgan fingerprint density at radius 1 is 1.15 bits per heavy atom. The van der Waals surface area contributed by atoms with Crippen molar-refractivity contribution in [2.24, 2.45) is 0 Å². The number of hydrogen-bond donors (Lipinski definition) is 1. The Morgan fingerprint density at radius 2 is 1.81 bits per heavy atom. The number of thiazole rings is 1. The maximum Gasteiger partial charge on any atom is 0.262 e. The number of fused-ring (bicyclic) bond motifs is 2.